The van der Waals surface area contributed by atoms with Crippen LogP contribution in [0, 0.1) is 3.57 Å². The number of anilines is 2. The van der Waals surface area contributed by atoms with E-state index < -0.39 is 0 Å². The molecule has 100 valence electrons. The number of nitrogen functional groups attached to an aromatic ring is 1. The quantitative estimate of drug-likeness (QED) is 0.800. The molecule has 0 saturated carbocycles. The summed E-state index contributed by atoms with van der Waals surface area (Å²) in [5.74, 6) is 1.35. The van der Waals surface area contributed by atoms with Crippen LogP contribution < -0.4 is 10.6 Å². The second-order valence-corrected chi connectivity index (χ2v) is 5.69. The summed E-state index contributed by atoms with van der Waals surface area (Å²) >= 11 is 2.19. The molecule has 7 nitrogen and oxygen atoms in total. The van der Waals surface area contributed by atoms with Gasteiger partial charge in [-0.05, 0) is 41.9 Å². The minimum absolute atomic E-state index is 0.232. The highest BCUT2D eigenvalue weighted by atomic mass is 127. The van der Waals surface area contributed by atoms with Crippen LogP contribution in [0.15, 0.2) is 12.4 Å². The van der Waals surface area contributed by atoms with Gasteiger partial charge in [0.15, 0.2) is 0 Å². The summed E-state index contributed by atoms with van der Waals surface area (Å²) in [7, 11) is 0. The molecule has 0 radical (unpaired) electrons. The lowest BCUT2D eigenvalue weighted by molar-refractivity contribution is 0.566. The Balaban J connectivity index is 1.95. The Kier molecular flexibility index (Phi) is 3.49. The molecule has 0 unspecified atom stereocenters. The van der Waals surface area contributed by atoms with Crippen LogP contribution in [0.25, 0.3) is 5.95 Å². The summed E-state index contributed by atoms with van der Waals surface area (Å²) in [5, 5.41) is 4.20. The zero-order valence-electron chi connectivity index (χ0n) is 10.3. The molecule has 0 spiro atoms. The molecule has 0 aliphatic carbocycles. The Bertz CT molecular complexity index is 576. The maximum absolute atomic E-state index is 5.78. The molecule has 1 saturated heterocycles. The smallest absolute Gasteiger partial charge is 0.257 e. The van der Waals surface area contributed by atoms with E-state index in [0.29, 0.717) is 11.9 Å². The van der Waals surface area contributed by atoms with Crippen LogP contribution in [-0.2, 0) is 0 Å². The van der Waals surface area contributed by atoms with Gasteiger partial charge in [0.2, 0.25) is 11.9 Å². The third-order valence-electron chi connectivity index (χ3n) is 3.02. The molecule has 1 aliphatic heterocycles. The molecule has 0 amide bonds. The molecule has 2 aromatic rings. The fraction of sp³-hybridized carbons (Fsp3) is 0.455. The van der Waals surface area contributed by atoms with Crippen LogP contribution in [0.4, 0.5) is 11.9 Å². The summed E-state index contributed by atoms with van der Waals surface area (Å²) in [6, 6.07) is 0. The lowest BCUT2D eigenvalue weighted by Crippen LogP contribution is -2.31. The highest BCUT2D eigenvalue weighted by Crippen LogP contribution is 2.17. The van der Waals surface area contributed by atoms with Crippen molar-refractivity contribution < 1.29 is 0 Å². The predicted octanol–water partition coefficient (Wildman–Crippen LogP) is 1.23. The zero-order valence-corrected chi connectivity index (χ0v) is 12.5. The molecule has 3 rings (SSSR count). The number of hydrogen-bond acceptors (Lipinski definition) is 6. The normalized spacial score (nSPS) is 15.7. The molecule has 1 fully saturated rings. The minimum atomic E-state index is 0.232. The van der Waals surface area contributed by atoms with Crippen LogP contribution in [0.1, 0.15) is 19.3 Å². The molecule has 19 heavy (non-hydrogen) atoms. The molecule has 2 aromatic heterocycles. The second-order valence-electron chi connectivity index (χ2n) is 4.44. The Hall–Kier alpha value is -1.45. The number of nitrogens with zero attached hydrogens (tertiary/aromatic N) is 6. The van der Waals surface area contributed by atoms with E-state index in [4.69, 9.17) is 5.73 Å². The first-order valence-electron chi connectivity index (χ1n) is 6.19. The van der Waals surface area contributed by atoms with Gasteiger partial charge in [0.1, 0.15) is 0 Å². The van der Waals surface area contributed by atoms with Crippen molar-refractivity contribution in [2.24, 2.45) is 0 Å². The van der Waals surface area contributed by atoms with Crippen molar-refractivity contribution in [3.8, 4) is 5.95 Å². The molecule has 2 N–H and O–H groups in total. The van der Waals surface area contributed by atoms with E-state index in [2.05, 4.69) is 47.5 Å². The average Bonchev–Trinajstić information content (AvgIpc) is 2.86. The van der Waals surface area contributed by atoms with Gasteiger partial charge in [0, 0.05) is 19.3 Å². The van der Waals surface area contributed by atoms with E-state index in [1.807, 2.05) is 6.20 Å². The highest BCUT2D eigenvalue weighted by Gasteiger charge is 2.16. The summed E-state index contributed by atoms with van der Waals surface area (Å²) in [6.45, 7) is 1.94. The van der Waals surface area contributed by atoms with Crippen molar-refractivity contribution in [3.63, 3.8) is 0 Å². The Morgan fingerprint density at radius 3 is 2.47 bits per heavy atom. The third kappa shape index (κ3) is 2.77. The van der Waals surface area contributed by atoms with E-state index >= 15 is 0 Å². The van der Waals surface area contributed by atoms with Gasteiger partial charge in [-0.25, -0.2) is 4.68 Å². The number of rotatable bonds is 2. The van der Waals surface area contributed by atoms with Crippen molar-refractivity contribution in [2.75, 3.05) is 23.7 Å². The van der Waals surface area contributed by atoms with Gasteiger partial charge in [-0.15, -0.1) is 0 Å². The van der Waals surface area contributed by atoms with E-state index in [1.165, 1.54) is 19.3 Å². The summed E-state index contributed by atoms with van der Waals surface area (Å²) in [5.41, 5.74) is 5.78. The van der Waals surface area contributed by atoms with Gasteiger partial charge in [-0.1, -0.05) is 0 Å². The highest BCUT2D eigenvalue weighted by molar-refractivity contribution is 14.1. The molecule has 3 heterocycles. The summed E-state index contributed by atoms with van der Waals surface area (Å²) in [4.78, 5) is 15.0. The van der Waals surface area contributed by atoms with Crippen LogP contribution in [0.2, 0.25) is 0 Å². The maximum Gasteiger partial charge on any atom is 0.257 e. The first-order chi connectivity index (χ1) is 9.22. The fourth-order valence-electron chi connectivity index (χ4n) is 2.12. The van der Waals surface area contributed by atoms with Gasteiger partial charge in [-0.3, -0.25) is 0 Å². The first kappa shape index (κ1) is 12.6. The minimum Gasteiger partial charge on any atom is -0.368 e. The molecule has 8 heteroatoms. The number of aromatic nitrogens is 5. The lowest BCUT2D eigenvalue weighted by Gasteiger charge is -2.26. The molecular formula is C11H14IN7. The van der Waals surface area contributed by atoms with E-state index in [-0.39, 0.29) is 5.95 Å². The van der Waals surface area contributed by atoms with Crippen LogP contribution in [-0.4, -0.2) is 37.8 Å². The standard InChI is InChI=1S/C11H14IN7/c12-8-6-14-19(7-8)11-16-9(13)15-10(17-11)18-4-2-1-3-5-18/h6-7H,1-5H2,(H2,13,15,16,17). The van der Waals surface area contributed by atoms with E-state index in [0.717, 1.165) is 16.7 Å². The Morgan fingerprint density at radius 2 is 1.79 bits per heavy atom. The number of hydrogen-bond donors (Lipinski definition) is 1. The predicted molar refractivity (Wildman–Crippen MR) is 80.1 cm³/mol. The van der Waals surface area contributed by atoms with Crippen molar-refractivity contribution in [3.05, 3.63) is 16.0 Å². The van der Waals surface area contributed by atoms with Gasteiger partial charge < -0.3 is 10.6 Å². The van der Waals surface area contributed by atoms with E-state index in [9.17, 15) is 0 Å². The summed E-state index contributed by atoms with van der Waals surface area (Å²) < 4.78 is 2.64. The number of halogens is 1. The molecule has 0 bridgehead atoms. The van der Waals surface area contributed by atoms with E-state index in [1.54, 1.807) is 10.9 Å². The monoisotopic (exact) mass is 371 g/mol. The second kappa shape index (κ2) is 5.27. The third-order valence-corrected chi connectivity index (χ3v) is 3.58. The van der Waals surface area contributed by atoms with Crippen molar-refractivity contribution in [1.82, 2.24) is 24.7 Å². The molecule has 1 aliphatic rings. The van der Waals surface area contributed by atoms with Gasteiger partial charge in [0.05, 0.1) is 9.77 Å². The van der Waals surface area contributed by atoms with Crippen molar-refractivity contribution in [2.45, 2.75) is 19.3 Å². The van der Waals surface area contributed by atoms with Crippen molar-refractivity contribution >= 4 is 34.5 Å². The van der Waals surface area contributed by atoms with Crippen LogP contribution in [0.5, 0.6) is 0 Å². The van der Waals surface area contributed by atoms with Crippen LogP contribution >= 0.6 is 22.6 Å². The summed E-state index contributed by atoms with van der Waals surface area (Å²) in [6.07, 6.45) is 7.21. The van der Waals surface area contributed by atoms with Crippen LogP contribution in [0.3, 0.4) is 0 Å². The SMILES string of the molecule is Nc1nc(N2CCCCC2)nc(-n2cc(I)cn2)n1. The van der Waals surface area contributed by atoms with Crippen molar-refractivity contribution in [1.29, 1.82) is 0 Å². The zero-order chi connectivity index (χ0) is 13.2. The fourth-order valence-corrected chi connectivity index (χ4v) is 2.51. The average molecular weight is 371 g/mol. The first-order valence-corrected chi connectivity index (χ1v) is 7.27. The molecule has 0 aromatic carbocycles. The maximum atomic E-state index is 5.78. The Labute approximate surface area is 124 Å². The molecule has 0 atom stereocenters. The lowest BCUT2D eigenvalue weighted by atomic mass is 10.1. The Morgan fingerprint density at radius 1 is 1.05 bits per heavy atom. The van der Waals surface area contributed by atoms with Gasteiger partial charge in [-0.2, -0.15) is 20.1 Å². The number of piperidine rings is 1. The largest absolute Gasteiger partial charge is 0.368 e. The molecular weight excluding hydrogens is 357 g/mol. The topological polar surface area (TPSA) is 85.8 Å². The van der Waals surface area contributed by atoms with Gasteiger partial charge in [0.25, 0.3) is 5.95 Å². The number of nitrogens with two attached hydrogens (primary N) is 1. The van der Waals surface area contributed by atoms with Gasteiger partial charge >= 0.3 is 0 Å².